The first kappa shape index (κ1) is 56.6. The number of piperidine rings is 1. The number of nitrogens with zero attached hydrogens (tertiary/aromatic N) is 5. The summed E-state index contributed by atoms with van der Waals surface area (Å²) in [7, 11) is -3.61. The van der Waals surface area contributed by atoms with Gasteiger partial charge in [-0.3, -0.25) is 19.2 Å². The number of halogens is 1. The molecule has 0 bridgehead atoms. The molecule has 4 heterocycles. The van der Waals surface area contributed by atoms with Crippen LogP contribution in [0.15, 0.2) is 77.3 Å². The van der Waals surface area contributed by atoms with Gasteiger partial charge in [0.15, 0.2) is 15.7 Å². The summed E-state index contributed by atoms with van der Waals surface area (Å²) in [5.74, 6) is -0.0582. The van der Waals surface area contributed by atoms with E-state index >= 15 is 0 Å². The average molecular weight is 1080 g/mol. The Balaban J connectivity index is 0.911. The second-order valence-electron chi connectivity index (χ2n) is 21.1. The van der Waals surface area contributed by atoms with Crippen LogP contribution in [0, 0.1) is 19.3 Å². The third-order valence-corrected chi connectivity index (χ3v) is 17.0. The van der Waals surface area contributed by atoms with E-state index in [2.05, 4.69) is 36.2 Å². The number of rotatable bonds is 19. The molecule has 0 aliphatic carbocycles. The van der Waals surface area contributed by atoms with Crippen molar-refractivity contribution in [3.63, 3.8) is 0 Å². The van der Waals surface area contributed by atoms with Gasteiger partial charge in [0.05, 0.1) is 56.0 Å². The predicted molar refractivity (Wildman–Crippen MR) is 293 cm³/mol. The van der Waals surface area contributed by atoms with Crippen molar-refractivity contribution in [2.24, 2.45) is 5.41 Å². The second kappa shape index (κ2) is 24.2. The maximum Gasteiger partial charge on any atom is 0.246 e. The zero-order valence-corrected chi connectivity index (χ0v) is 46.6. The smallest absolute Gasteiger partial charge is 0.246 e. The van der Waals surface area contributed by atoms with E-state index in [1.165, 1.54) is 11.1 Å². The summed E-state index contributed by atoms with van der Waals surface area (Å²) in [6.07, 6.45) is 2.41. The lowest BCUT2D eigenvalue weighted by Gasteiger charge is -2.35. The third-order valence-electron chi connectivity index (χ3n) is 13.6. The Bertz CT molecular complexity index is 2970. The number of likely N-dealkylation sites (tertiary alicyclic amines) is 2. The van der Waals surface area contributed by atoms with Gasteiger partial charge < -0.3 is 40.9 Å². The number of nitrogens with one attached hydrogen (secondary N) is 4. The van der Waals surface area contributed by atoms with Gasteiger partial charge in [0, 0.05) is 45.4 Å². The van der Waals surface area contributed by atoms with Crippen LogP contribution in [0.1, 0.15) is 115 Å². The Hall–Kier alpha value is -6.15. The highest BCUT2D eigenvalue weighted by molar-refractivity contribution is 7.92. The number of benzene rings is 3. The molecule has 0 spiro atoms. The molecule has 7 rings (SSSR count). The zero-order chi connectivity index (χ0) is 54.4. The number of thiazole rings is 1. The summed E-state index contributed by atoms with van der Waals surface area (Å²) in [5, 5.41) is 22.5. The van der Waals surface area contributed by atoms with Crippen LogP contribution in [-0.4, -0.2) is 111 Å². The van der Waals surface area contributed by atoms with Crippen molar-refractivity contribution in [1.82, 2.24) is 35.4 Å². The molecular formula is C55H70ClN9O8S2. The first-order valence-electron chi connectivity index (χ1n) is 25.5. The summed E-state index contributed by atoms with van der Waals surface area (Å²) in [6.45, 7) is 17.9. The maximum absolute atomic E-state index is 14.2. The number of sulfone groups is 1. The molecule has 5 aromatic rings. The fourth-order valence-corrected chi connectivity index (χ4v) is 11.6. The summed E-state index contributed by atoms with van der Waals surface area (Å²) in [4.78, 5) is 72.5. The number of aromatic nitrogens is 3. The Labute approximate surface area is 449 Å². The molecule has 17 nitrogen and oxygen atoms in total. The molecule has 2 saturated heterocycles. The van der Waals surface area contributed by atoms with Crippen molar-refractivity contribution < 1.29 is 37.4 Å². The predicted octanol–water partition coefficient (Wildman–Crippen LogP) is 9.01. The molecule has 4 amide bonds. The first-order valence-corrected chi connectivity index (χ1v) is 28.3. The number of aryl methyl sites for hydroxylation is 2. The van der Waals surface area contributed by atoms with Gasteiger partial charge in [-0.15, -0.1) is 11.3 Å². The molecule has 3 atom stereocenters. The topological polar surface area (TPSA) is 225 Å². The van der Waals surface area contributed by atoms with Gasteiger partial charge in [-0.25, -0.2) is 18.4 Å². The molecule has 2 aromatic heterocycles. The largest absolute Gasteiger partial charge is 0.489 e. The fraction of sp³-hybridized carbons (Fsp3) is 0.473. The van der Waals surface area contributed by atoms with Crippen LogP contribution in [0.5, 0.6) is 5.75 Å². The van der Waals surface area contributed by atoms with E-state index in [0.29, 0.717) is 36.6 Å². The highest BCUT2D eigenvalue weighted by Crippen LogP contribution is 2.39. The molecule has 2 aliphatic heterocycles. The highest BCUT2D eigenvalue weighted by atomic mass is 35.5. The standard InChI is InChI=1S/C55H70ClN9O8S2/c1-32(2)73-45-27-40(34(5)25-43(45)61-54-58-29-41(56)51(63-54)60-42-13-10-11-14-46(42)75(71,72)33(3)4)37-21-23-64(24-22-37)48(68)16-12-15-47(67)62-50(55(7,8)9)53(70)65-30-39(66)26-44(65)52(69)57-28-36-17-19-38(20-18-36)49-35(6)59-31-74-49/h10-11,13-14,17-20,25,27,29,31-33,37,39,44,50,66H,12,15-16,21-24,26,28,30H2,1-9H3,(H,57,69)(H,62,67)(H2,58,60,61,63)/t39-,44-,50+/m0/s1. The normalized spacial score (nSPS) is 16.8. The Kier molecular flexibility index (Phi) is 18.3. The minimum atomic E-state index is -3.61. The molecule has 402 valence electrons. The van der Waals surface area contributed by atoms with Crippen molar-refractivity contribution >= 4 is 79.5 Å². The van der Waals surface area contributed by atoms with E-state index < -0.39 is 44.6 Å². The Morgan fingerprint density at radius 1 is 0.933 bits per heavy atom. The van der Waals surface area contributed by atoms with Gasteiger partial charge in [-0.05, 0) is 119 Å². The summed E-state index contributed by atoms with van der Waals surface area (Å²) in [5.41, 5.74) is 7.05. The van der Waals surface area contributed by atoms with Crippen LogP contribution in [0.4, 0.5) is 23.1 Å². The summed E-state index contributed by atoms with van der Waals surface area (Å²) < 4.78 is 32.6. The molecule has 0 unspecified atom stereocenters. The third kappa shape index (κ3) is 14.0. The van der Waals surface area contributed by atoms with E-state index in [9.17, 15) is 32.7 Å². The van der Waals surface area contributed by atoms with Crippen molar-refractivity contribution in [2.75, 3.05) is 30.3 Å². The molecule has 5 N–H and O–H groups in total. The van der Waals surface area contributed by atoms with Crippen LogP contribution in [0.2, 0.25) is 5.02 Å². The fourth-order valence-electron chi connectivity index (χ4n) is 9.44. The SMILES string of the molecule is Cc1cc(Nc2ncc(Cl)c(Nc3ccccc3S(=O)(=O)C(C)C)n2)c(OC(C)C)cc1C1CCN(C(=O)CCCC(=O)N[C@H](C(=O)N2C[C@@H](O)C[C@H]2C(=O)NCc2ccc(-c3scnc3C)cc2)C(C)(C)C)CC1. The first-order chi connectivity index (χ1) is 35.5. The van der Waals surface area contributed by atoms with Gasteiger partial charge in [0.1, 0.15) is 22.9 Å². The molecule has 75 heavy (non-hydrogen) atoms. The molecule has 0 saturated carbocycles. The number of para-hydroxylation sites is 1. The Morgan fingerprint density at radius 2 is 1.64 bits per heavy atom. The number of aliphatic hydroxyl groups excluding tert-OH is 1. The monoisotopic (exact) mass is 1080 g/mol. The minimum absolute atomic E-state index is 0.0314. The van der Waals surface area contributed by atoms with Gasteiger partial charge in [-0.2, -0.15) is 4.98 Å². The van der Waals surface area contributed by atoms with Crippen LogP contribution < -0.4 is 26.0 Å². The zero-order valence-electron chi connectivity index (χ0n) is 44.2. The summed E-state index contributed by atoms with van der Waals surface area (Å²) in [6, 6.07) is 16.6. The van der Waals surface area contributed by atoms with Crippen molar-refractivity contribution in [3.8, 4) is 16.2 Å². The lowest BCUT2D eigenvalue weighted by Crippen LogP contribution is -2.57. The van der Waals surface area contributed by atoms with Crippen molar-refractivity contribution in [1.29, 1.82) is 0 Å². The number of aliphatic hydroxyl groups is 1. The van der Waals surface area contributed by atoms with E-state index in [1.54, 1.807) is 49.4 Å². The number of hydrogen-bond donors (Lipinski definition) is 5. The molecule has 0 radical (unpaired) electrons. The lowest BCUT2D eigenvalue weighted by atomic mass is 9.85. The van der Waals surface area contributed by atoms with Crippen molar-refractivity contribution in [3.05, 3.63) is 99.8 Å². The van der Waals surface area contributed by atoms with Gasteiger partial charge in [0.2, 0.25) is 29.6 Å². The maximum atomic E-state index is 14.2. The van der Waals surface area contributed by atoms with Crippen molar-refractivity contribution in [2.45, 2.75) is 148 Å². The molecule has 2 fully saturated rings. The van der Waals surface area contributed by atoms with Gasteiger partial charge in [0.25, 0.3) is 0 Å². The van der Waals surface area contributed by atoms with Crippen LogP contribution >= 0.6 is 22.9 Å². The number of ether oxygens (including phenoxy) is 1. The van der Waals surface area contributed by atoms with E-state index in [1.807, 2.05) is 95.3 Å². The Morgan fingerprint density at radius 3 is 2.29 bits per heavy atom. The number of carbonyl (C=O) groups is 4. The molecular weight excluding hydrogens is 1010 g/mol. The van der Waals surface area contributed by atoms with E-state index in [-0.39, 0.29) is 83.8 Å². The van der Waals surface area contributed by atoms with Crippen LogP contribution in [0.3, 0.4) is 0 Å². The van der Waals surface area contributed by atoms with E-state index in [0.717, 1.165) is 45.7 Å². The van der Waals surface area contributed by atoms with E-state index in [4.69, 9.17) is 16.3 Å². The number of hydrogen-bond acceptors (Lipinski definition) is 14. The number of β-amino-alcohol motifs (C(OH)–C–C–N with tert-alkyl or cyclic N) is 1. The molecule has 3 aromatic carbocycles. The molecule has 2 aliphatic rings. The minimum Gasteiger partial charge on any atom is -0.489 e. The van der Waals surface area contributed by atoms with Gasteiger partial charge >= 0.3 is 0 Å². The second-order valence-corrected chi connectivity index (χ2v) is 24.8. The van der Waals surface area contributed by atoms with Gasteiger partial charge in [-0.1, -0.05) is 68.8 Å². The molecule has 20 heteroatoms. The quantitative estimate of drug-likeness (QED) is 0.0521. The van der Waals surface area contributed by atoms with Crippen LogP contribution in [-0.2, 0) is 35.6 Å². The lowest BCUT2D eigenvalue weighted by molar-refractivity contribution is -0.144. The van der Waals surface area contributed by atoms with Crippen LogP contribution in [0.25, 0.3) is 10.4 Å². The highest BCUT2D eigenvalue weighted by Gasteiger charge is 2.44. The number of anilines is 4. The average Bonchev–Trinajstić information content (AvgIpc) is 3.98. The summed E-state index contributed by atoms with van der Waals surface area (Å²) >= 11 is 8.09. The number of carbonyl (C=O) groups excluding carboxylic acids is 4. The number of amides is 4.